The van der Waals surface area contributed by atoms with Crippen LogP contribution in [-0.2, 0) is 11.2 Å². The number of benzene rings is 3. The first-order chi connectivity index (χ1) is 24.3. The number of amides is 1. The molecule has 1 saturated carbocycles. The number of fused-ring (bicyclic) bond motifs is 5. The molecule has 50 heavy (non-hydrogen) atoms. The highest BCUT2D eigenvalue weighted by molar-refractivity contribution is 6.37. The van der Waals surface area contributed by atoms with Crippen molar-refractivity contribution < 1.29 is 28.5 Å². The van der Waals surface area contributed by atoms with E-state index in [9.17, 15) is 15.2 Å². The fraction of sp³-hybridized carbons (Fsp3) is 0.395. The standard InChI is InChI=1S/C38H37ClFN5O5/c1-43-12-6-9-24(43)19-49-37-32-29(39)18-45(35-23-15-30(35)44(17-23)38(46)47)36(32)28-14-22(8-5-11-41)31(33(40)34(28)42-37)27-16-25(50-20-48-2)13-21-7-3-4-10-26(21)27/h3-4,7,10,13-14,16,18,23-24,30,35H,5-6,8-9,12,15,17,19-20H2,1-2H3,(H,46,47)/t23?,24-,30?,35?/m0/s1. The van der Waals surface area contributed by atoms with Gasteiger partial charge >= 0.3 is 6.09 Å². The molecule has 258 valence electrons. The molecular formula is C38H37ClFN5O5. The summed E-state index contributed by atoms with van der Waals surface area (Å²) in [6.07, 6.45) is 4.14. The molecule has 3 unspecified atom stereocenters. The maximum atomic E-state index is 17.6. The normalized spacial score (nSPS) is 21.6. The Labute approximate surface area is 293 Å². The molecule has 1 N–H and O–H groups in total. The van der Waals surface area contributed by atoms with E-state index in [0.717, 1.165) is 36.6 Å². The molecule has 5 aromatic rings. The van der Waals surface area contributed by atoms with Gasteiger partial charge in [0, 0.05) is 49.2 Å². The van der Waals surface area contributed by atoms with Crippen molar-refractivity contribution in [2.45, 2.75) is 50.2 Å². The maximum Gasteiger partial charge on any atom is 0.407 e. The van der Waals surface area contributed by atoms with Crippen molar-refractivity contribution in [1.82, 2.24) is 19.4 Å². The van der Waals surface area contributed by atoms with Gasteiger partial charge in [-0.1, -0.05) is 35.9 Å². The monoisotopic (exact) mass is 697 g/mol. The molecule has 5 heterocycles. The summed E-state index contributed by atoms with van der Waals surface area (Å²) < 4.78 is 37.1. The average Bonchev–Trinajstić information content (AvgIpc) is 3.89. The van der Waals surface area contributed by atoms with Gasteiger partial charge in [-0.3, -0.25) is 0 Å². The van der Waals surface area contributed by atoms with Crippen LogP contribution in [0.4, 0.5) is 9.18 Å². The number of nitriles is 1. The van der Waals surface area contributed by atoms with Crippen LogP contribution in [0.15, 0.2) is 48.7 Å². The van der Waals surface area contributed by atoms with Crippen molar-refractivity contribution in [2.75, 3.05) is 40.6 Å². The van der Waals surface area contributed by atoms with Gasteiger partial charge in [-0.25, -0.2) is 14.2 Å². The van der Waals surface area contributed by atoms with Crippen molar-refractivity contribution in [3.8, 4) is 28.8 Å². The minimum absolute atomic E-state index is 0.0237. The smallest absolute Gasteiger partial charge is 0.407 e. The molecule has 3 aliphatic heterocycles. The Kier molecular flexibility index (Phi) is 8.42. The summed E-state index contributed by atoms with van der Waals surface area (Å²) in [5.74, 6) is 0.325. The summed E-state index contributed by atoms with van der Waals surface area (Å²) in [5.41, 5.74) is 2.37. The Hall–Kier alpha value is -4.63. The van der Waals surface area contributed by atoms with Crippen molar-refractivity contribution >= 4 is 50.3 Å². The van der Waals surface area contributed by atoms with Gasteiger partial charge in [0.2, 0.25) is 5.88 Å². The van der Waals surface area contributed by atoms with Crippen LogP contribution in [0.1, 0.15) is 37.3 Å². The van der Waals surface area contributed by atoms with Crippen LogP contribution in [0.3, 0.4) is 0 Å². The Morgan fingerprint density at radius 2 is 2.04 bits per heavy atom. The lowest BCUT2D eigenvalue weighted by molar-refractivity contribution is 0.0512. The van der Waals surface area contributed by atoms with Crippen molar-refractivity contribution in [3.05, 3.63) is 65.1 Å². The van der Waals surface area contributed by atoms with Crippen LogP contribution in [-0.4, -0.2) is 83.3 Å². The highest BCUT2D eigenvalue weighted by Gasteiger charge is 2.55. The molecule has 2 aromatic heterocycles. The maximum absolute atomic E-state index is 17.6. The molecule has 4 atom stereocenters. The first kappa shape index (κ1) is 32.6. The third-order valence-corrected chi connectivity index (χ3v) is 11.1. The Morgan fingerprint density at radius 1 is 1.20 bits per heavy atom. The van der Waals surface area contributed by atoms with Gasteiger partial charge < -0.3 is 33.7 Å². The van der Waals surface area contributed by atoms with Crippen molar-refractivity contribution in [3.63, 3.8) is 0 Å². The molecule has 1 amide bonds. The van der Waals surface area contributed by atoms with Gasteiger partial charge in [-0.2, -0.15) is 5.26 Å². The lowest BCUT2D eigenvalue weighted by atomic mass is 9.79. The van der Waals surface area contributed by atoms with Crippen LogP contribution in [0.25, 0.3) is 43.7 Å². The van der Waals surface area contributed by atoms with Crippen LogP contribution in [0.2, 0.25) is 5.02 Å². The van der Waals surface area contributed by atoms with E-state index in [4.69, 9.17) is 30.8 Å². The molecule has 1 aliphatic carbocycles. The lowest BCUT2D eigenvalue weighted by Crippen LogP contribution is -2.41. The van der Waals surface area contributed by atoms with Gasteiger partial charge in [0.1, 0.15) is 17.9 Å². The number of ether oxygens (including phenoxy) is 3. The van der Waals surface area contributed by atoms with E-state index in [1.54, 1.807) is 6.07 Å². The summed E-state index contributed by atoms with van der Waals surface area (Å²) >= 11 is 7.02. The molecule has 2 bridgehead atoms. The van der Waals surface area contributed by atoms with Crippen LogP contribution < -0.4 is 9.47 Å². The van der Waals surface area contributed by atoms with E-state index >= 15 is 4.39 Å². The number of likely N-dealkylation sites (tertiary alicyclic amines) is 1. The Bertz CT molecular complexity index is 2200. The van der Waals surface area contributed by atoms with Gasteiger partial charge in [-0.15, -0.1) is 0 Å². The zero-order valence-corrected chi connectivity index (χ0v) is 28.6. The van der Waals surface area contributed by atoms with E-state index in [-0.39, 0.29) is 48.7 Å². The minimum atomic E-state index is -0.947. The number of hydrogen-bond donors (Lipinski definition) is 1. The Balaban J connectivity index is 1.39. The van der Waals surface area contributed by atoms with E-state index in [1.165, 1.54) is 12.0 Å². The molecule has 3 saturated heterocycles. The highest BCUT2D eigenvalue weighted by atomic mass is 35.5. The lowest BCUT2D eigenvalue weighted by Gasteiger charge is -2.37. The first-order valence-corrected chi connectivity index (χ1v) is 17.4. The minimum Gasteiger partial charge on any atom is -0.475 e. The number of aromatic nitrogens is 2. The molecule has 0 radical (unpaired) electrons. The number of halogens is 2. The number of hydrogen-bond acceptors (Lipinski definition) is 7. The highest BCUT2D eigenvalue weighted by Crippen LogP contribution is 2.53. The average molecular weight is 698 g/mol. The second-order valence-electron chi connectivity index (χ2n) is 13.6. The quantitative estimate of drug-likeness (QED) is 0.148. The van der Waals surface area contributed by atoms with Crippen LogP contribution in [0.5, 0.6) is 11.6 Å². The zero-order chi connectivity index (χ0) is 34.7. The van der Waals surface area contributed by atoms with E-state index in [0.29, 0.717) is 63.3 Å². The summed E-state index contributed by atoms with van der Waals surface area (Å²) in [6, 6.07) is 15.4. The predicted octanol–water partition coefficient (Wildman–Crippen LogP) is 7.64. The van der Waals surface area contributed by atoms with Gasteiger partial charge in [0.05, 0.1) is 34.1 Å². The number of aryl methyl sites for hydroxylation is 1. The molecule has 12 heteroatoms. The fourth-order valence-electron chi connectivity index (χ4n) is 8.42. The SMILES string of the molecule is COCOc1cc(-c2c(CCC#N)cc3c(nc(OC[C@@H]4CCCN4C)c4c(Cl)cn(C5C6CC5N(C(=O)O)C6)c43)c2F)c2ccccc2c1. The number of likely N-dealkylation sites (N-methyl/N-ethyl adjacent to an activating group) is 1. The summed E-state index contributed by atoms with van der Waals surface area (Å²) in [5, 5.41) is 22.8. The summed E-state index contributed by atoms with van der Waals surface area (Å²) in [7, 11) is 3.61. The third kappa shape index (κ3) is 5.29. The number of pyridine rings is 1. The largest absolute Gasteiger partial charge is 0.475 e. The molecule has 0 spiro atoms. The molecule has 4 fully saturated rings. The number of rotatable bonds is 10. The van der Waals surface area contributed by atoms with E-state index in [2.05, 4.69) is 18.0 Å². The number of methoxy groups -OCH3 is 1. The summed E-state index contributed by atoms with van der Waals surface area (Å²) in [4.78, 5) is 20.7. The first-order valence-electron chi connectivity index (χ1n) is 17.0. The fourth-order valence-corrected chi connectivity index (χ4v) is 8.69. The number of carboxylic acid groups (broad SMARTS) is 1. The second-order valence-corrected chi connectivity index (χ2v) is 14.0. The number of nitrogens with zero attached hydrogens (tertiary/aromatic N) is 5. The summed E-state index contributed by atoms with van der Waals surface area (Å²) in [6.45, 7) is 1.80. The van der Waals surface area contributed by atoms with Crippen LogP contribution in [0, 0.1) is 23.1 Å². The van der Waals surface area contributed by atoms with Gasteiger partial charge in [0.15, 0.2) is 12.6 Å². The van der Waals surface area contributed by atoms with Crippen molar-refractivity contribution in [1.29, 1.82) is 5.26 Å². The van der Waals surface area contributed by atoms with E-state index in [1.807, 2.05) is 47.2 Å². The molecule has 4 aliphatic rings. The second kappa shape index (κ2) is 12.9. The zero-order valence-electron chi connectivity index (χ0n) is 27.9. The van der Waals surface area contributed by atoms with Gasteiger partial charge in [0.25, 0.3) is 0 Å². The topological polar surface area (TPSA) is 113 Å². The van der Waals surface area contributed by atoms with E-state index < -0.39 is 11.9 Å². The van der Waals surface area contributed by atoms with Crippen molar-refractivity contribution in [2.24, 2.45) is 5.92 Å². The van der Waals surface area contributed by atoms with Crippen LogP contribution >= 0.6 is 11.6 Å². The molecule has 9 rings (SSSR count). The molecule has 3 aromatic carbocycles. The molecule has 10 nitrogen and oxygen atoms in total. The van der Waals surface area contributed by atoms with Gasteiger partial charge in [-0.05, 0) is 79.4 Å². The Morgan fingerprint density at radius 3 is 2.78 bits per heavy atom. The third-order valence-electron chi connectivity index (χ3n) is 10.8. The predicted molar refractivity (Wildman–Crippen MR) is 188 cm³/mol. The molecular weight excluding hydrogens is 661 g/mol. The number of carbonyl (C=O) groups is 1.